The van der Waals surface area contributed by atoms with Crippen molar-refractivity contribution in [2.45, 2.75) is 135 Å². The third-order valence-corrected chi connectivity index (χ3v) is 25.3. The Kier molecular flexibility index (Phi) is 19.4. The summed E-state index contributed by atoms with van der Waals surface area (Å²) in [6.45, 7) is 26.3. The van der Waals surface area contributed by atoms with Crippen molar-refractivity contribution >= 4 is 73.0 Å². The molecule has 2 aliphatic rings. The zero-order valence-electron chi connectivity index (χ0n) is 69.0. The molecule has 572 valence electrons. The molecule has 18 rings (SSSR count). The van der Waals surface area contributed by atoms with Gasteiger partial charge in [0.05, 0.1) is 10.8 Å². The summed E-state index contributed by atoms with van der Waals surface area (Å²) >= 11 is 0. The number of hydrogen-bond acceptors (Lipinski definition) is 3. The fraction of sp³-hybridized carbons (Fsp3) is 0.196. The molecule has 0 saturated carbocycles. The van der Waals surface area contributed by atoms with Crippen LogP contribution in [0.4, 0.5) is 51.2 Å². The van der Waals surface area contributed by atoms with Gasteiger partial charge in [-0.05, 0) is 251 Å². The Bertz CT molecular complexity index is 6120. The lowest BCUT2D eigenvalue weighted by Gasteiger charge is -2.36. The minimum atomic E-state index is -0.663. The van der Waals surface area contributed by atoms with E-state index < -0.39 is 10.8 Å². The topological polar surface area (TPSA) is 14.7 Å². The second-order valence-electron chi connectivity index (χ2n) is 35.4. The number of unbranched alkanes of at least 4 members (excludes halogenated alkanes) is 1. The molecule has 0 fully saturated rings. The number of aromatic nitrogens is 1. The van der Waals surface area contributed by atoms with E-state index in [1.165, 1.54) is 142 Å². The molecule has 1 atom stereocenters. The van der Waals surface area contributed by atoms with E-state index in [0.717, 1.165) is 57.7 Å². The molecule has 1 aromatic heterocycles. The van der Waals surface area contributed by atoms with Crippen LogP contribution in [-0.4, -0.2) is 4.57 Å². The molecule has 2 aliphatic carbocycles. The average molecular weight is 1510 g/mol. The maximum atomic E-state index is 2.60. The lowest BCUT2D eigenvalue weighted by atomic mass is 9.67. The monoisotopic (exact) mass is 1500 g/mol. The maximum Gasteiger partial charge on any atom is 0.0713 e. The lowest BCUT2D eigenvalue weighted by Crippen LogP contribution is -2.29. The molecule has 0 radical (unpaired) electrons. The van der Waals surface area contributed by atoms with Crippen LogP contribution in [0.2, 0.25) is 0 Å². The minimum absolute atomic E-state index is 0.000531. The van der Waals surface area contributed by atoms with Gasteiger partial charge in [0.15, 0.2) is 0 Å². The minimum Gasteiger partial charge on any atom is -0.340 e. The van der Waals surface area contributed by atoms with Crippen molar-refractivity contribution in [1.82, 2.24) is 4.57 Å². The van der Waals surface area contributed by atoms with Gasteiger partial charge in [-0.25, -0.2) is 0 Å². The van der Waals surface area contributed by atoms with Crippen molar-refractivity contribution in [3.63, 3.8) is 0 Å². The van der Waals surface area contributed by atoms with Crippen LogP contribution in [0.5, 0.6) is 0 Å². The van der Waals surface area contributed by atoms with Gasteiger partial charge in [0.25, 0.3) is 0 Å². The second kappa shape index (κ2) is 30.0. The highest BCUT2D eigenvalue weighted by molar-refractivity contribution is 6.09. The van der Waals surface area contributed by atoms with E-state index in [1.807, 2.05) is 0 Å². The molecule has 0 aliphatic heterocycles. The van der Waals surface area contributed by atoms with Crippen molar-refractivity contribution in [3.8, 4) is 33.4 Å². The lowest BCUT2D eigenvalue weighted by molar-refractivity contribution is 0.401. The van der Waals surface area contributed by atoms with Crippen LogP contribution in [0.1, 0.15) is 163 Å². The van der Waals surface area contributed by atoms with E-state index in [9.17, 15) is 0 Å². The average Bonchev–Trinajstić information content (AvgIpc) is 1.52. The van der Waals surface area contributed by atoms with Crippen LogP contribution < -0.4 is 14.7 Å². The molecular formula is C112H104N4. The predicted molar refractivity (Wildman–Crippen MR) is 493 cm³/mol. The van der Waals surface area contributed by atoms with Crippen LogP contribution in [0, 0.1) is 5.92 Å². The number of benzene rings is 15. The summed E-state index contributed by atoms with van der Waals surface area (Å²) in [5, 5.41) is 2.64. The highest BCUT2D eigenvalue weighted by atomic mass is 15.2. The van der Waals surface area contributed by atoms with E-state index in [2.05, 4.69) is 459 Å². The maximum absolute atomic E-state index is 2.60. The number of hydrogen-bond donors (Lipinski definition) is 0. The number of fused-ring (bicyclic) bond motifs is 9. The number of anilines is 9. The largest absolute Gasteiger partial charge is 0.340 e. The third-order valence-electron chi connectivity index (χ3n) is 25.3. The van der Waals surface area contributed by atoms with Gasteiger partial charge >= 0.3 is 0 Å². The van der Waals surface area contributed by atoms with Crippen LogP contribution in [0.25, 0.3) is 55.2 Å². The SMILES string of the molecule is CCCCC(CC)Cn1c2ccccc2c2cc(-c3ccc(N(c4ccc(C(C)(C)C)cc4)c4ccc(C5(c6ccc(N(c7ccc(C(C)(C)C)cc7)c7ccc(C8(c9ccc(N(c%10ccccc%10)c%10ccc(C(C)(C)C)cc%10)cc9)c9ccccc9-c9ccccc98)cc7)cc6)c6ccccc6-c6ccccc65)cc4)cc3)ccc21. The Morgan fingerprint density at radius 1 is 0.276 bits per heavy atom. The normalized spacial score (nSPS) is 13.6. The first kappa shape index (κ1) is 74.9. The Hall–Kier alpha value is -12.5. The zero-order chi connectivity index (χ0) is 79.7. The molecule has 0 N–H and O–H groups in total. The molecule has 4 nitrogen and oxygen atoms in total. The molecule has 1 unspecified atom stereocenters. The molecule has 116 heavy (non-hydrogen) atoms. The molecule has 0 amide bonds. The summed E-state index contributed by atoms with van der Waals surface area (Å²) in [5.41, 5.74) is 32.5. The molecule has 0 bridgehead atoms. The van der Waals surface area contributed by atoms with E-state index >= 15 is 0 Å². The van der Waals surface area contributed by atoms with Crippen LogP contribution in [0.3, 0.4) is 0 Å². The highest BCUT2D eigenvalue weighted by Crippen LogP contribution is 2.59. The fourth-order valence-corrected chi connectivity index (χ4v) is 19.1. The van der Waals surface area contributed by atoms with Crippen molar-refractivity contribution < 1.29 is 0 Å². The van der Waals surface area contributed by atoms with Crippen molar-refractivity contribution in [2.75, 3.05) is 14.7 Å². The van der Waals surface area contributed by atoms with Gasteiger partial charge in [-0.15, -0.1) is 0 Å². The quantitative estimate of drug-likeness (QED) is 0.0756. The van der Waals surface area contributed by atoms with Crippen molar-refractivity contribution in [3.05, 3.63) is 425 Å². The zero-order valence-corrected chi connectivity index (χ0v) is 69.0. The van der Waals surface area contributed by atoms with Gasteiger partial charge in [0.1, 0.15) is 0 Å². The van der Waals surface area contributed by atoms with Gasteiger partial charge in [-0.2, -0.15) is 0 Å². The molecule has 0 spiro atoms. The summed E-state index contributed by atoms with van der Waals surface area (Å²) in [7, 11) is 0. The Labute approximate surface area is 687 Å². The molecule has 4 heteroatoms. The molecule has 1 heterocycles. The summed E-state index contributed by atoms with van der Waals surface area (Å²) in [6, 6.07) is 138. The highest BCUT2D eigenvalue weighted by Gasteiger charge is 2.48. The van der Waals surface area contributed by atoms with Gasteiger partial charge in [0.2, 0.25) is 0 Å². The van der Waals surface area contributed by atoms with E-state index in [4.69, 9.17) is 0 Å². The van der Waals surface area contributed by atoms with Crippen LogP contribution >= 0.6 is 0 Å². The molecule has 0 saturated heterocycles. The second-order valence-corrected chi connectivity index (χ2v) is 35.4. The first-order chi connectivity index (χ1) is 56.3. The first-order valence-corrected chi connectivity index (χ1v) is 42.0. The fourth-order valence-electron chi connectivity index (χ4n) is 19.1. The Morgan fingerprint density at radius 3 is 0.897 bits per heavy atom. The standard InChI is InChI=1S/C112H104N4/c1-12-14-28-77(13-2)76-113-106-40-27-22-35-100(106)101-75-79(43-74-107(101)113)78-41-58-88(59-42-78)115(90-62-46-81(47-63-90)109(6,7)8)93-68-52-84(53-69-93)112(104-38-25-20-33-98(104)99-34-21-26-39-105(99)112)86-56-72-95(73-57-86)116(91-64-48-82(49-65-91)110(9,10)11)94-70-54-85(55-71-94)111(102-36-23-18-31-96(102)97-32-19-24-37-103(97)111)83-50-66-92(67-51-83)114(87-29-16-15-17-30-87)89-60-44-80(45-61-89)108(3,4)5/h15-27,29-75,77H,12-14,28,76H2,1-11H3. The summed E-state index contributed by atoms with van der Waals surface area (Å²) in [6.07, 6.45) is 4.95. The number of rotatable bonds is 20. The molecular weight excluding hydrogens is 1400 g/mol. The smallest absolute Gasteiger partial charge is 0.0713 e. The number of nitrogens with zero attached hydrogens (tertiary/aromatic N) is 4. The van der Waals surface area contributed by atoms with Gasteiger partial charge in [-0.3, -0.25) is 0 Å². The van der Waals surface area contributed by atoms with Gasteiger partial charge < -0.3 is 19.3 Å². The van der Waals surface area contributed by atoms with E-state index in [0.29, 0.717) is 5.92 Å². The molecule has 16 aromatic rings. The van der Waals surface area contributed by atoms with Crippen molar-refractivity contribution in [1.29, 1.82) is 0 Å². The van der Waals surface area contributed by atoms with Crippen molar-refractivity contribution in [2.24, 2.45) is 5.92 Å². The van der Waals surface area contributed by atoms with Gasteiger partial charge in [0, 0.05) is 79.5 Å². The van der Waals surface area contributed by atoms with Gasteiger partial charge in [-0.1, -0.05) is 332 Å². The summed E-state index contributed by atoms with van der Waals surface area (Å²) in [5.74, 6) is 0.648. The van der Waals surface area contributed by atoms with E-state index in [-0.39, 0.29) is 16.2 Å². The first-order valence-electron chi connectivity index (χ1n) is 42.0. The Balaban J connectivity index is 0.728. The summed E-state index contributed by atoms with van der Waals surface area (Å²) in [4.78, 5) is 7.27. The Morgan fingerprint density at radius 2 is 0.560 bits per heavy atom. The van der Waals surface area contributed by atoms with Crippen LogP contribution in [0.15, 0.2) is 364 Å². The van der Waals surface area contributed by atoms with Crippen LogP contribution in [-0.2, 0) is 33.6 Å². The summed E-state index contributed by atoms with van der Waals surface area (Å²) < 4.78 is 2.60. The van der Waals surface area contributed by atoms with E-state index in [1.54, 1.807) is 0 Å². The number of para-hydroxylation sites is 2. The molecule has 15 aromatic carbocycles. The predicted octanol–water partition coefficient (Wildman–Crippen LogP) is 30.7. The third kappa shape index (κ3) is 13.1.